The van der Waals surface area contributed by atoms with Gasteiger partial charge in [-0.3, -0.25) is 4.90 Å². The second-order valence-corrected chi connectivity index (χ2v) is 7.97. The van der Waals surface area contributed by atoms with Crippen molar-refractivity contribution in [3.05, 3.63) is 40.7 Å². The average Bonchev–Trinajstić information content (AvgIpc) is 2.44. The van der Waals surface area contributed by atoms with E-state index in [1.54, 1.807) is 6.07 Å². The third kappa shape index (κ3) is 3.59. The molecule has 0 aromatic heterocycles. The quantitative estimate of drug-likeness (QED) is 0.675. The maximum Gasteiger partial charge on any atom is 0.411 e. The lowest BCUT2D eigenvalue weighted by atomic mass is 9.83. The van der Waals surface area contributed by atoms with E-state index < -0.39 is 5.60 Å². The zero-order valence-corrected chi connectivity index (χ0v) is 15.1. The molecule has 0 aliphatic carbocycles. The van der Waals surface area contributed by atoms with E-state index in [0.717, 1.165) is 36.8 Å². The van der Waals surface area contributed by atoms with Gasteiger partial charge in [0.2, 0.25) is 0 Å². The van der Waals surface area contributed by atoms with E-state index in [4.69, 9.17) is 16.3 Å². The maximum absolute atomic E-state index is 13.3. The minimum absolute atomic E-state index is 0.0171. The Morgan fingerprint density at radius 2 is 2.08 bits per heavy atom. The molecular formula is C19H23ClFNO2. The molecule has 1 fully saturated rings. The van der Waals surface area contributed by atoms with Crippen LogP contribution in [-0.4, -0.2) is 28.7 Å². The Bertz CT molecular complexity index is 680. The van der Waals surface area contributed by atoms with Gasteiger partial charge in [0.15, 0.2) is 0 Å². The van der Waals surface area contributed by atoms with Crippen LogP contribution in [-0.2, 0) is 4.74 Å². The molecule has 130 valence electrons. The molecule has 1 amide bonds. The van der Waals surface area contributed by atoms with E-state index in [0.29, 0.717) is 5.02 Å². The predicted molar refractivity (Wildman–Crippen MR) is 93.5 cm³/mol. The summed E-state index contributed by atoms with van der Waals surface area (Å²) in [6.07, 6.45) is 5.52. The summed E-state index contributed by atoms with van der Waals surface area (Å²) in [5.74, 6) is -0.337. The van der Waals surface area contributed by atoms with Gasteiger partial charge in [-0.2, -0.15) is 0 Å². The van der Waals surface area contributed by atoms with Crippen molar-refractivity contribution in [2.45, 2.75) is 64.1 Å². The van der Waals surface area contributed by atoms with Crippen LogP contribution in [0.25, 0.3) is 5.57 Å². The van der Waals surface area contributed by atoms with Crippen LogP contribution in [0.3, 0.4) is 0 Å². The van der Waals surface area contributed by atoms with Crippen LogP contribution in [0.15, 0.2) is 24.3 Å². The number of hydrogen-bond acceptors (Lipinski definition) is 2. The summed E-state index contributed by atoms with van der Waals surface area (Å²) in [7, 11) is 0. The summed E-state index contributed by atoms with van der Waals surface area (Å²) in [4.78, 5) is 14.5. The summed E-state index contributed by atoms with van der Waals surface area (Å²) in [5, 5.41) is 0.421. The molecule has 0 N–H and O–H groups in total. The Hall–Kier alpha value is -1.55. The summed E-state index contributed by atoms with van der Waals surface area (Å²) in [6, 6.07) is 4.62. The Morgan fingerprint density at radius 3 is 2.71 bits per heavy atom. The molecule has 0 spiro atoms. The summed E-state index contributed by atoms with van der Waals surface area (Å²) in [5.41, 5.74) is 1.45. The highest BCUT2D eigenvalue weighted by molar-refractivity contribution is 6.32. The number of carbonyl (C=O) groups is 1. The van der Waals surface area contributed by atoms with Gasteiger partial charge in [-0.15, -0.1) is 0 Å². The highest BCUT2D eigenvalue weighted by Gasteiger charge is 2.39. The number of halogens is 2. The topological polar surface area (TPSA) is 29.5 Å². The van der Waals surface area contributed by atoms with Crippen molar-refractivity contribution in [2.75, 3.05) is 0 Å². The number of rotatable bonds is 1. The van der Waals surface area contributed by atoms with Gasteiger partial charge in [-0.1, -0.05) is 23.7 Å². The lowest BCUT2D eigenvalue weighted by Crippen LogP contribution is -2.53. The first-order valence-electron chi connectivity index (χ1n) is 8.42. The number of piperidine rings is 1. The molecular weight excluding hydrogens is 329 g/mol. The molecule has 3 rings (SSSR count). The first kappa shape index (κ1) is 17.3. The van der Waals surface area contributed by atoms with Crippen LogP contribution >= 0.6 is 11.6 Å². The zero-order chi connectivity index (χ0) is 17.5. The van der Waals surface area contributed by atoms with Crippen molar-refractivity contribution < 1.29 is 13.9 Å². The molecule has 1 saturated heterocycles. The maximum atomic E-state index is 13.3. The number of carbonyl (C=O) groups excluding carboxylic acids is 1. The fourth-order valence-corrected chi connectivity index (χ4v) is 3.87. The molecule has 0 radical (unpaired) electrons. The average molecular weight is 352 g/mol. The fraction of sp³-hybridized carbons (Fsp3) is 0.526. The van der Waals surface area contributed by atoms with Gasteiger partial charge in [0.05, 0.1) is 11.1 Å². The fourth-order valence-electron chi connectivity index (χ4n) is 3.58. The smallest absolute Gasteiger partial charge is 0.411 e. The molecule has 0 saturated carbocycles. The van der Waals surface area contributed by atoms with Crippen molar-refractivity contribution >= 4 is 23.3 Å². The summed E-state index contributed by atoms with van der Waals surface area (Å²) < 4.78 is 18.9. The first-order chi connectivity index (χ1) is 11.2. The second-order valence-electron chi connectivity index (χ2n) is 7.56. The SMILES string of the molecule is CC(C)(C)OC(=O)N1C2C=C(c3ccc(F)cc3Cl)CC1CCC2. The normalized spacial score (nSPS) is 23.7. The van der Waals surface area contributed by atoms with E-state index in [2.05, 4.69) is 6.08 Å². The van der Waals surface area contributed by atoms with Gasteiger partial charge >= 0.3 is 6.09 Å². The summed E-state index contributed by atoms with van der Waals surface area (Å²) in [6.45, 7) is 5.64. The monoisotopic (exact) mass is 351 g/mol. The number of nitrogens with zero attached hydrogens (tertiary/aromatic N) is 1. The third-order valence-corrected chi connectivity index (χ3v) is 4.83. The zero-order valence-electron chi connectivity index (χ0n) is 14.3. The molecule has 2 aliphatic rings. The van der Waals surface area contributed by atoms with Gasteiger partial charge in [-0.25, -0.2) is 9.18 Å². The highest BCUT2D eigenvalue weighted by atomic mass is 35.5. The van der Waals surface area contributed by atoms with E-state index in [-0.39, 0.29) is 24.0 Å². The Balaban J connectivity index is 1.88. The molecule has 2 bridgehead atoms. The van der Waals surface area contributed by atoms with Crippen molar-refractivity contribution in [3.8, 4) is 0 Å². The van der Waals surface area contributed by atoms with Crippen LogP contribution < -0.4 is 0 Å². The Morgan fingerprint density at radius 1 is 1.33 bits per heavy atom. The lowest BCUT2D eigenvalue weighted by Gasteiger charge is -2.45. The molecule has 2 aliphatic heterocycles. The van der Waals surface area contributed by atoms with Gasteiger partial charge < -0.3 is 4.74 Å². The van der Waals surface area contributed by atoms with E-state index >= 15 is 0 Å². The van der Waals surface area contributed by atoms with Crippen LogP contribution in [0.4, 0.5) is 9.18 Å². The molecule has 1 aromatic rings. The number of amides is 1. The number of fused-ring (bicyclic) bond motifs is 2. The summed E-state index contributed by atoms with van der Waals surface area (Å²) >= 11 is 6.22. The van der Waals surface area contributed by atoms with Gasteiger partial charge in [0, 0.05) is 6.04 Å². The van der Waals surface area contributed by atoms with Crippen molar-refractivity contribution in [3.63, 3.8) is 0 Å². The van der Waals surface area contributed by atoms with Crippen LogP contribution in [0.2, 0.25) is 5.02 Å². The van der Waals surface area contributed by atoms with Gasteiger partial charge in [-0.05, 0) is 69.7 Å². The van der Waals surface area contributed by atoms with E-state index in [1.807, 2.05) is 25.7 Å². The minimum Gasteiger partial charge on any atom is -0.444 e. The second kappa shape index (κ2) is 6.40. The highest BCUT2D eigenvalue weighted by Crippen LogP contribution is 2.39. The molecule has 2 unspecified atom stereocenters. The molecule has 5 heteroatoms. The number of benzene rings is 1. The van der Waals surface area contributed by atoms with Gasteiger partial charge in [0.1, 0.15) is 11.4 Å². The number of hydrogen-bond donors (Lipinski definition) is 0. The standard InChI is InChI=1S/C19H23ClFNO2/c1-19(2,3)24-18(23)22-14-5-4-6-15(22)10-12(9-14)16-8-7-13(21)11-17(16)20/h7-9,11,14-15H,4-6,10H2,1-3H3. The minimum atomic E-state index is -0.504. The van der Waals surface area contributed by atoms with E-state index in [9.17, 15) is 9.18 Å². The molecule has 1 aromatic carbocycles. The van der Waals surface area contributed by atoms with Crippen LogP contribution in [0, 0.1) is 5.82 Å². The molecule has 24 heavy (non-hydrogen) atoms. The largest absolute Gasteiger partial charge is 0.444 e. The first-order valence-corrected chi connectivity index (χ1v) is 8.80. The third-order valence-electron chi connectivity index (χ3n) is 4.52. The van der Waals surface area contributed by atoms with Crippen LogP contribution in [0.5, 0.6) is 0 Å². The predicted octanol–water partition coefficient (Wildman–Crippen LogP) is 5.42. The Kier molecular flexibility index (Phi) is 4.60. The molecule has 2 atom stereocenters. The van der Waals surface area contributed by atoms with Gasteiger partial charge in [0.25, 0.3) is 0 Å². The Labute approximate surface area is 147 Å². The van der Waals surface area contributed by atoms with Crippen LogP contribution in [0.1, 0.15) is 52.0 Å². The molecule has 2 heterocycles. The lowest BCUT2D eigenvalue weighted by molar-refractivity contribution is 0.0000876. The number of ether oxygens (including phenoxy) is 1. The van der Waals surface area contributed by atoms with Crippen molar-refractivity contribution in [2.24, 2.45) is 0 Å². The van der Waals surface area contributed by atoms with E-state index in [1.165, 1.54) is 12.1 Å². The molecule has 3 nitrogen and oxygen atoms in total. The van der Waals surface area contributed by atoms with Crippen molar-refractivity contribution in [1.82, 2.24) is 4.90 Å². The van der Waals surface area contributed by atoms with Crippen molar-refractivity contribution in [1.29, 1.82) is 0 Å².